The Hall–Kier alpha value is -1.62. The van der Waals surface area contributed by atoms with E-state index in [1.165, 1.54) is 5.69 Å². The summed E-state index contributed by atoms with van der Waals surface area (Å²) >= 11 is 0. The van der Waals surface area contributed by atoms with Crippen molar-refractivity contribution in [3.05, 3.63) is 34.5 Å². The zero-order valence-corrected chi connectivity index (χ0v) is 9.89. The fraction of sp³-hybridized carbons (Fsp3) is 0.500. The summed E-state index contributed by atoms with van der Waals surface area (Å²) < 4.78 is 3.63. The van der Waals surface area contributed by atoms with Gasteiger partial charge < -0.3 is 5.32 Å². The summed E-state index contributed by atoms with van der Waals surface area (Å²) in [6.07, 6.45) is 6.01. The number of nitrogens with one attached hydrogen (secondary N) is 1. The first-order chi connectivity index (χ1) is 8.27. The second-order valence-corrected chi connectivity index (χ2v) is 4.59. The van der Waals surface area contributed by atoms with Crippen molar-refractivity contribution in [2.45, 2.75) is 18.8 Å². The zero-order chi connectivity index (χ0) is 11.8. The number of piperidine rings is 1. The fourth-order valence-corrected chi connectivity index (χ4v) is 2.53. The van der Waals surface area contributed by atoms with E-state index < -0.39 is 0 Å². The predicted octanol–water partition coefficient (Wildman–Crippen LogP) is 0.500. The third-order valence-electron chi connectivity index (χ3n) is 3.56. The molecule has 0 amide bonds. The normalized spacial score (nSPS) is 17.7. The summed E-state index contributed by atoms with van der Waals surface area (Å²) in [7, 11) is 1.76. The van der Waals surface area contributed by atoms with Gasteiger partial charge in [-0.05, 0) is 25.9 Å². The molecule has 0 saturated carbocycles. The van der Waals surface area contributed by atoms with Crippen molar-refractivity contribution in [1.29, 1.82) is 0 Å². The van der Waals surface area contributed by atoms with E-state index in [1.807, 2.05) is 16.8 Å². The van der Waals surface area contributed by atoms with E-state index >= 15 is 0 Å². The highest BCUT2D eigenvalue weighted by Crippen LogP contribution is 2.25. The minimum absolute atomic E-state index is 0.0139. The van der Waals surface area contributed by atoms with Crippen molar-refractivity contribution in [3.8, 4) is 0 Å². The van der Waals surface area contributed by atoms with E-state index in [4.69, 9.17) is 0 Å². The lowest BCUT2D eigenvalue weighted by Gasteiger charge is -2.22. The molecule has 1 aliphatic rings. The summed E-state index contributed by atoms with van der Waals surface area (Å²) in [6, 6.07) is 1.60. The Morgan fingerprint density at radius 2 is 2.18 bits per heavy atom. The molecule has 0 radical (unpaired) electrons. The summed E-state index contributed by atoms with van der Waals surface area (Å²) in [6.45, 7) is 2.12. The van der Waals surface area contributed by atoms with Crippen LogP contribution in [-0.2, 0) is 7.05 Å². The van der Waals surface area contributed by atoms with Crippen molar-refractivity contribution in [2.75, 3.05) is 13.1 Å². The average Bonchev–Trinajstić information content (AvgIpc) is 2.79. The van der Waals surface area contributed by atoms with E-state index in [2.05, 4.69) is 10.3 Å². The lowest BCUT2D eigenvalue weighted by atomic mass is 9.95. The number of hydrogen-bond donors (Lipinski definition) is 1. The number of aromatic nitrogens is 3. The van der Waals surface area contributed by atoms with Crippen LogP contribution in [0.5, 0.6) is 0 Å². The van der Waals surface area contributed by atoms with Crippen LogP contribution in [0.1, 0.15) is 24.5 Å². The highest BCUT2D eigenvalue weighted by atomic mass is 16.1. The minimum Gasteiger partial charge on any atom is -0.317 e. The Bertz CT molecular complexity index is 592. The maximum Gasteiger partial charge on any atom is 0.254 e. The molecule has 2 aromatic heterocycles. The van der Waals surface area contributed by atoms with Crippen LogP contribution in [0.2, 0.25) is 0 Å². The molecule has 0 aromatic carbocycles. The van der Waals surface area contributed by atoms with Crippen LogP contribution in [0.3, 0.4) is 0 Å². The highest BCUT2D eigenvalue weighted by molar-refractivity contribution is 5.33. The molecule has 1 saturated heterocycles. The molecule has 0 bridgehead atoms. The van der Waals surface area contributed by atoms with E-state index in [1.54, 1.807) is 17.7 Å². The topological polar surface area (TPSA) is 51.3 Å². The van der Waals surface area contributed by atoms with Crippen molar-refractivity contribution >= 4 is 5.78 Å². The van der Waals surface area contributed by atoms with Gasteiger partial charge in [-0.25, -0.2) is 4.98 Å². The summed E-state index contributed by atoms with van der Waals surface area (Å²) in [5.41, 5.74) is 1.21. The molecule has 0 unspecified atom stereocenters. The first-order valence-corrected chi connectivity index (χ1v) is 6.01. The van der Waals surface area contributed by atoms with Crippen molar-refractivity contribution < 1.29 is 0 Å². The van der Waals surface area contributed by atoms with Gasteiger partial charge in [0.15, 0.2) is 0 Å². The zero-order valence-electron chi connectivity index (χ0n) is 9.89. The molecule has 1 N–H and O–H groups in total. The average molecular weight is 232 g/mol. The van der Waals surface area contributed by atoms with Crippen LogP contribution in [0.4, 0.5) is 0 Å². The first-order valence-electron chi connectivity index (χ1n) is 6.01. The Kier molecular flexibility index (Phi) is 2.48. The minimum atomic E-state index is -0.0139. The summed E-state index contributed by atoms with van der Waals surface area (Å²) in [4.78, 5) is 15.9. The first kappa shape index (κ1) is 10.5. The number of rotatable bonds is 1. The van der Waals surface area contributed by atoms with Crippen molar-refractivity contribution in [1.82, 2.24) is 19.3 Å². The second kappa shape index (κ2) is 4.00. The van der Waals surface area contributed by atoms with Gasteiger partial charge in [-0.2, -0.15) is 0 Å². The third-order valence-corrected chi connectivity index (χ3v) is 3.56. The molecule has 2 aromatic rings. The van der Waals surface area contributed by atoms with Crippen molar-refractivity contribution in [2.24, 2.45) is 7.05 Å². The Labute approximate surface area is 99.1 Å². The van der Waals surface area contributed by atoms with Crippen LogP contribution in [0.25, 0.3) is 5.78 Å². The summed E-state index contributed by atoms with van der Waals surface area (Å²) in [5.74, 6) is 1.27. The molecule has 5 nitrogen and oxygen atoms in total. The second-order valence-electron chi connectivity index (χ2n) is 4.59. The van der Waals surface area contributed by atoms with Gasteiger partial charge in [0.05, 0.1) is 6.20 Å². The van der Waals surface area contributed by atoms with Crippen LogP contribution in [0.15, 0.2) is 23.3 Å². The molecule has 3 heterocycles. The lowest BCUT2D eigenvalue weighted by molar-refractivity contribution is 0.451. The molecule has 0 spiro atoms. The number of fused-ring (bicyclic) bond motifs is 1. The fourth-order valence-electron chi connectivity index (χ4n) is 2.53. The molecular weight excluding hydrogens is 216 g/mol. The molecule has 1 fully saturated rings. The molecular formula is C12H16N4O. The SMILES string of the molecule is Cn1c(=O)ccn2c(C3CCNCC3)cnc12. The lowest BCUT2D eigenvalue weighted by Crippen LogP contribution is -2.27. The van der Waals surface area contributed by atoms with Crippen LogP contribution < -0.4 is 10.9 Å². The van der Waals surface area contributed by atoms with E-state index in [0.29, 0.717) is 5.92 Å². The van der Waals surface area contributed by atoms with Gasteiger partial charge in [0, 0.05) is 30.9 Å². The maximum atomic E-state index is 11.5. The van der Waals surface area contributed by atoms with E-state index in [-0.39, 0.29) is 5.56 Å². The van der Waals surface area contributed by atoms with Gasteiger partial charge in [-0.1, -0.05) is 0 Å². The third kappa shape index (κ3) is 1.67. The van der Waals surface area contributed by atoms with Crippen molar-refractivity contribution in [3.63, 3.8) is 0 Å². The Morgan fingerprint density at radius 1 is 1.41 bits per heavy atom. The number of nitrogens with zero attached hydrogens (tertiary/aromatic N) is 3. The van der Waals surface area contributed by atoms with Gasteiger partial charge in [0.2, 0.25) is 5.78 Å². The molecule has 3 rings (SSSR count). The number of hydrogen-bond acceptors (Lipinski definition) is 3. The Morgan fingerprint density at radius 3 is 2.94 bits per heavy atom. The molecule has 1 aliphatic heterocycles. The standard InChI is InChI=1S/C12H16N4O/c1-15-11(17)4-7-16-10(8-14-12(15)16)9-2-5-13-6-3-9/h4,7-9,13H,2-3,5-6H2,1H3. The molecule has 90 valence electrons. The smallest absolute Gasteiger partial charge is 0.254 e. The van der Waals surface area contributed by atoms with Gasteiger partial charge >= 0.3 is 0 Å². The number of imidazole rings is 1. The van der Waals surface area contributed by atoms with Gasteiger partial charge in [-0.3, -0.25) is 13.8 Å². The monoisotopic (exact) mass is 232 g/mol. The molecule has 5 heteroatoms. The highest BCUT2D eigenvalue weighted by Gasteiger charge is 2.19. The predicted molar refractivity (Wildman–Crippen MR) is 65.3 cm³/mol. The quantitative estimate of drug-likeness (QED) is 0.779. The molecule has 17 heavy (non-hydrogen) atoms. The van der Waals surface area contributed by atoms with E-state index in [9.17, 15) is 4.79 Å². The van der Waals surface area contributed by atoms with Crippen LogP contribution >= 0.6 is 0 Å². The van der Waals surface area contributed by atoms with Crippen LogP contribution in [0, 0.1) is 0 Å². The van der Waals surface area contributed by atoms with Gasteiger partial charge in [0.1, 0.15) is 0 Å². The van der Waals surface area contributed by atoms with E-state index in [0.717, 1.165) is 31.7 Å². The Balaban J connectivity index is 2.11. The molecule has 0 aliphatic carbocycles. The van der Waals surface area contributed by atoms with Gasteiger partial charge in [0.25, 0.3) is 5.56 Å². The van der Waals surface area contributed by atoms with Gasteiger partial charge in [-0.15, -0.1) is 0 Å². The number of aryl methyl sites for hydroxylation is 1. The largest absolute Gasteiger partial charge is 0.317 e. The summed E-state index contributed by atoms with van der Waals surface area (Å²) in [5, 5.41) is 3.36. The maximum absolute atomic E-state index is 11.5. The molecule has 0 atom stereocenters. The van der Waals surface area contributed by atoms with Crippen LogP contribution in [-0.4, -0.2) is 27.0 Å².